The molecule has 3 heteroatoms. The molecule has 0 amide bonds. The number of rotatable bonds is 3. The van der Waals surface area contributed by atoms with Gasteiger partial charge in [-0.05, 0) is 37.4 Å². The highest BCUT2D eigenvalue weighted by molar-refractivity contribution is 6.31. The van der Waals surface area contributed by atoms with Crippen molar-refractivity contribution in [2.24, 2.45) is 11.8 Å². The van der Waals surface area contributed by atoms with Gasteiger partial charge in [0.05, 0.1) is 0 Å². The van der Waals surface area contributed by atoms with Gasteiger partial charge in [0.15, 0.2) is 0 Å². The number of piperidine rings is 1. The van der Waals surface area contributed by atoms with Gasteiger partial charge in [-0.2, -0.15) is 0 Å². The Morgan fingerprint density at radius 2 is 2.11 bits per heavy atom. The van der Waals surface area contributed by atoms with Crippen molar-refractivity contribution in [1.82, 2.24) is 5.32 Å². The van der Waals surface area contributed by atoms with E-state index in [9.17, 15) is 0 Å². The van der Waals surface area contributed by atoms with Crippen LogP contribution in [-0.4, -0.2) is 20.1 Å². The van der Waals surface area contributed by atoms with Gasteiger partial charge in [0.25, 0.3) is 0 Å². The molecule has 1 aliphatic heterocycles. The summed E-state index contributed by atoms with van der Waals surface area (Å²) in [7, 11) is 1.97. The quantitative estimate of drug-likeness (QED) is 0.900. The first-order valence-electron chi connectivity index (χ1n) is 6.80. The van der Waals surface area contributed by atoms with Crippen molar-refractivity contribution in [3.8, 4) is 0 Å². The molecule has 2 unspecified atom stereocenters. The Labute approximate surface area is 115 Å². The highest BCUT2D eigenvalue weighted by atomic mass is 35.5. The lowest BCUT2D eigenvalue weighted by molar-refractivity contribution is 0.323. The summed E-state index contributed by atoms with van der Waals surface area (Å²) >= 11 is 6.33. The zero-order valence-corrected chi connectivity index (χ0v) is 12.3. The van der Waals surface area contributed by atoms with Crippen LogP contribution in [0.3, 0.4) is 0 Å². The molecule has 1 aromatic carbocycles. The van der Waals surface area contributed by atoms with E-state index in [1.165, 1.54) is 17.7 Å². The Kier molecular flexibility index (Phi) is 4.52. The third-order valence-corrected chi connectivity index (χ3v) is 4.48. The van der Waals surface area contributed by atoms with Gasteiger partial charge in [-0.1, -0.05) is 31.5 Å². The van der Waals surface area contributed by atoms with Gasteiger partial charge in [0, 0.05) is 35.9 Å². The van der Waals surface area contributed by atoms with Crippen LogP contribution in [0.4, 0.5) is 5.69 Å². The standard InChI is InChI=1S/C15H23ClN2/c1-11-7-8-18(10-12(11)2)15-6-4-5-14(16)13(15)9-17-3/h4-6,11-12,17H,7-10H2,1-3H3. The van der Waals surface area contributed by atoms with Crippen molar-refractivity contribution in [3.63, 3.8) is 0 Å². The van der Waals surface area contributed by atoms with Gasteiger partial charge in [-0.25, -0.2) is 0 Å². The molecular weight excluding hydrogens is 244 g/mol. The monoisotopic (exact) mass is 266 g/mol. The van der Waals surface area contributed by atoms with Crippen LogP contribution in [0.15, 0.2) is 18.2 Å². The second-order valence-corrected chi connectivity index (χ2v) is 5.86. The Balaban J connectivity index is 2.25. The minimum Gasteiger partial charge on any atom is -0.371 e. The maximum absolute atomic E-state index is 6.33. The first kappa shape index (κ1) is 13.7. The maximum atomic E-state index is 6.33. The SMILES string of the molecule is CNCc1c(Cl)cccc1N1CCC(C)C(C)C1. The fraction of sp³-hybridized carbons (Fsp3) is 0.600. The van der Waals surface area contributed by atoms with Gasteiger partial charge in [-0.15, -0.1) is 0 Å². The van der Waals surface area contributed by atoms with Crippen LogP contribution in [-0.2, 0) is 6.54 Å². The Morgan fingerprint density at radius 1 is 1.33 bits per heavy atom. The fourth-order valence-corrected chi connectivity index (χ4v) is 2.91. The highest BCUT2D eigenvalue weighted by Crippen LogP contribution is 2.32. The van der Waals surface area contributed by atoms with E-state index in [-0.39, 0.29) is 0 Å². The van der Waals surface area contributed by atoms with Crippen LogP contribution >= 0.6 is 11.6 Å². The lowest BCUT2D eigenvalue weighted by Crippen LogP contribution is -2.39. The Bertz CT molecular complexity index is 405. The van der Waals surface area contributed by atoms with Crippen molar-refractivity contribution >= 4 is 17.3 Å². The van der Waals surface area contributed by atoms with Gasteiger partial charge < -0.3 is 10.2 Å². The second kappa shape index (κ2) is 5.94. The fourth-order valence-electron chi connectivity index (χ4n) is 2.68. The van der Waals surface area contributed by atoms with Gasteiger partial charge in [0.1, 0.15) is 0 Å². The average Bonchev–Trinajstić information content (AvgIpc) is 2.35. The summed E-state index contributed by atoms with van der Waals surface area (Å²) in [6, 6.07) is 6.23. The largest absolute Gasteiger partial charge is 0.371 e. The molecule has 2 atom stereocenters. The third-order valence-electron chi connectivity index (χ3n) is 4.12. The van der Waals surface area contributed by atoms with E-state index in [0.29, 0.717) is 0 Å². The van der Waals surface area contributed by atoms with Crippen LogP contribution < -0.4 is 10.2 Å². The zero-order chi connectivity index (χ0) is 13.1. The molecule has 1 heterocycles. The van der Waals surface area contributed by atoms with Crippen LogP contribution in [0.25, 0.3) is 0 Å². The van der Waals surface area contributed by atoms with E-state index in [4.69, 9.17) is 11.6 Å². The number of nitrogens with one attached hydrogen (secondary N) is 1. The zero-order valence-electron chi connectivity index (χ0n) is 11.5. The second-order valence-electron chi connectivity index (χ2n) is 5.46. The number of halogens is 1. The molecule has 0 saturated carbocycles. The number of hydrogen-bond donors (Lipinski definition) is 1. The van der Waals surface area contributed by atoms with Gasteiger partial charge in [-0.3, -0.25) is 0 Å². The van der Waals surface area contributed by atoms with Crippen LogP contribution in [0, 0.1) is 11.8 Å². The molecule has 1 N–H and O–H groups in total. The van der Waals surface area contributed by atoms with Crippen molar-refractivity contribution < 1.29 is 0 Å². The van der Waals surface area contributed by atoms with E-state index in [1.54, 1.807) is 0 Å². The lowest BCUT2D eigenvalue weighted by Gasteiger charge is -2.38. The first-order chi connectivity index (χ1) is 8.63. The van der Waals surface area contributed by atoms with E-state index in [1.807, 2.05) is 13.1 Å². The molecule has 0 aliphatic carbocycles. The van der Waals surface area contributed by atoms with E-state index in [2.05, 4.69) is 36.2 Å². The predicted octanol–water partition coefficient (Wildman–Crippen LogP) is 3.54. The van der Waals surface area contributed by atoms with E-state index >= 15 is 0 Å². The highest BCUT2D eigenvalue weighted by Gasteiger charge is 2.24. The van der Waals surface area contributed by atoms with E-state index in [0.717, 1.165) is 36.5 Å². The van der Waals surface area contributed by atoms with Crippen molar-refractivity contribution in [2.45, 2.75) is 26.8 Å². The predicted molar refractivity (Wildman–Crippen MR) is 79.4 cm³/mol. The molecule has 1 aromatic rings. The van der Waals surface area contributed by atoms with Crippen molar-refractivity contribution in [1.29, 1.82) is 0 Å². The van der Waals surface area contributed by atoms with Crippen LogP contribution in [0.2, 0.25) is 5.02 Å². The molecule has 100 valence electrons. The molecule has 0 aromatic heterocycles. The molecule has 2 rings (SSSR count). The Hall–Kier alpha value is -0.730. The van der Waals surface area contributed by atoms with Crippen molar-refractivity contribution in [3.05, 3.63) is 28.8 Å². The summed E-state index contributed by atoms with van der Waals surface area (Å²) < 4.78 is 0. The summed E-state index contributed by atoms with van der Waals surface area (Å²) in [5.41, 5.74) is 2.53. The van der Waals surface area contributed by atoms with Gasteiger partial charge >= 0.3 is 0 Å². The molecule has 0 bridgehead atoms. The van der Waals surface area contributed by atoms with Crippen molar-refractivity contribution in [2.75, 3.05) is 25.0 Å². The van der Waals surface area contributed by atoms with Gasteiger partial charge in [0.2, 0.25) is 0 Å². The van der Waals surface area contributed by atoms with Crippen LogP contribution in [0.5, 0.6) is 0 Å². The minimum absolute atomic E-state index is 0.750. The summed E-state index contributed by atoms with van der Waals surface area (Å²) in [6.45, 7) is 7.81. The molecule has 18 heavy (non-hydrogen) atoms. The first-order valence-corrected chi connectivity index (χ1v) is 7.18. The maximum Gasteiger partial charge on any atom is 0.0471 e. The average molecular weight is 267 g/mol. The molecule has 1 aliphatic rings. The molecular formula is C15H23ClN2. The number of hydrogen-bond acceptors (Lipinski definition) is 2. The smallest absolute Gasteiger partial charge is 0.0471 e. The molecule has 1 saturated heterocycles. The number of benzene rings is 1. The molecule has 0 spiro atoms. The summed E-state index contributed by atoms with van der Waals surface area (Å²) in [5, 5.41) is 4.08. The van der Waals surface area contributed by atoms with E-state index < -0.39 is 0 Å². The normalized spacial score (nSPS) is 24.3. The topological polar surface area (TPSA) is 15.3 Å². The summed E-state index contributed by atoms with van der Waals surface area (Å²) in [4.78, 5) is 2.49. The molecule has 2 nitrogen and oxygen atoms in total. The summed E-state index contributed by atoms with van der Waals surface area (Å²) in [6.07, 6.45) is 1.27. The molecule has 0 radical (unpaired) electrons. The number of anilines is 1. The van der Waals surface area contributed by atoms with Crippen LogP contribution in [0.1, 0.15) is 25.8 Å². The summed E-state index contributed by atoms with van der Waals surface area (Å²) in [5.74, 6) is 1.58. The lowest BCUT2D eigenvalue weighted by atomic mass is 9.88. The Morgan fingerprint density at radius 3 is 2.78 bits per heavy atom. The third kappa shape index (κ3) is 2.81. The molecule has 1 fully saturated rings. The minimum atomic E-state index is 0.750. The number of nitrogens with zero attached hydrogens (tertiary/aromatic N) is 1.